The first-order chi connectivity index (χ1) is 9.10. The summed E-state index contributed by atoms with van der Waals surface area (Å²) in [5.41, 5.74) is 7.34. The Balaban J connectivity index is 2.08. The molecule has 1 heterocycles. The molecule has 1 aromatic heterocycles. The molecule has 19 heavy (non-hydrogen) atoms. The Kier molecular flexibility index (Phi) is 4.22. The minimum atomic E-state index is -0.168. The van der Waals surface area contributed by atoms with Crippen LogP contribution >= 0.6 is 0 Å². The van der Waals surface area contributed by atoms with E-state index in [-0.39, 0.29) is 11.9 Å². The van der Waals surface area contributed by atoms with E-state index in [9.17, 15) is 4.79 Å². The molecule has 0 radical (unpaired) electrons. The first-order valence-corrected chi connectivity index (χ1v) is 6.61. The molecule has 1 unspecified atom stereocenters. The van der Waals surface area contributed by atoms with Gasteiger partial charge in [0.05, 0.1) is 0 Å². The van der Waals surface area contributed by atoms with Crippen molar-refractivity contribution in [3.05, 3.63) is 35.6 Å². The Morgan fingerprint density at radius 1 is 1.42 bits per heavy atom. The number of hydrogen-bond acceptors (Lipinski definition) is 3. The molecular weight excluding hydrogens is 240 g/mol. The molecule has 3 N–H and O–H groups in total. The van der Waals surface area contributed by atoms with Gasteiger partial charge in [0.2, 0.25) is 0 Å². The molecule has 1 amide bonds. The Morgan fingerprint density at radius 3 is 2.95 bits per heavy atom. The Bertz CT molecular complexity index is 575. The van der Waals surface area contributed by atoms with E-state index in [1.165, 1.54) is 0 Å². The molecule has 2 rings (SSSR count). The van der Waals surface area contributed by atoms with Gasteiger partial charge in [-0.25, -0.2) is 0 Å². The molecule has 0 bridgehead atoms. The van der Waals surface area contributed by atoms with E-state index >= 15 is 0 Å². The van der Waals surface area contributed by atoms with E-state index in [1.54, 1.807) is 6.07 Å². The molecular formula is C15H20N2O2. The summed E-state index contributed by atoms with van der Waals surface area (Å²) in [6.45, 7) is 4.63. The van der Waals surface area contributed by atoms with Crippen molar-refractivity contribution in [1.29, 1.82) is 0 Å². The maximum Gasteiger partial charge on any atom is 0.287 e. The zero-order valence-corrected chi connectivity index (χ0v) is 11.4. The molecule has 0 saturated heterocycles. The van der Waals surface area contributed by atoms with Crippen LogP contribution < -0.4 is 11.1 Å². The van der Waals surface area contributed by atoms with Gasteiger partial charge in [-0.1, -0.05) is 11.6 Å². The second kappa shape index (κ2) is 5.89. The fraction of sp³-hybridized carbons (Fsp3) is 0.400. The summed E-state index contributed by atoms with van der Waals surface area (Å²) in [6, 6.07) is 7.75. The maximum absolute atomic E-state index is 12.0. The Hall–Kier alpha value is -1.81. The molecule has 1 aromatic carbocycles. The van der Waals surface area contributed by atoms with Crippen LogP contribution in [0, 0.1) is 6.92 Å². The summed E-state index contributed by atoms with van der Waals surface area (Å²) in [4.78, 5) is 12.0. The van der Waals surface area contributed by atoms with Crippen LogP contribution in [0.5, 0.6) is 0 Å². The first kappa shape index (κ1) is 13.6. The van der Waals surface area contributed by atoms with Crippen LogP contribution in [0.4, 0.5) is 0 Å². The number of nitrogens with one attached hydrogen (secondary N) is 1. The number of hydrogen-bond donors (Lipinski definition) is 2. The summed E-state index contributed by atoms with van der Waals surface area (Å²) >= 11 is 0. The van der Waals surface area contributed by atoms with Crippen molar-refractivity contribution in [3.63, 3.8) is 0 Å². The SMILES string of the molecule is Cc1ccc2oc(C(=O)NC(C)CCCN)cc2c1. The van der Waals surface area contributed by atoms with Gasteiger partial charge in [-0.05, 0) is 51.4 Å². The number of nitrogens with two attached hydrogens (primary N) is 1. The van der Waals surface area contributed by atoms with E-state index in [0.29, 0.717) is 12.3 Å². The minimum absolute atomic E-state index is 0.103. The van der Waals surface area contributed by atoms with E-state index in [0.717, 1.165) is 29.4 Å². The summed E-state index contributed by atoms with van der Waals surface area (Å²) in [5.74, 6) is 0.193. The lowest BCUT2D eigenvalue weighted by Crippen LogP contribution is -2.32. The van der Waals surface area contributed by atoms with Crippen molar-refractivity contribution >= 4 is 16.9 Å². The third-order valence-electron chi connectivity index (χ3n) is 3.11. The van der Waals surface area contributed by atoms with Gasteiger partial charge in [0.15, 0.2) is 5.76 Å². The van der Waals surface area contributed by atoms with Gasteiger partial charge in [0, 0.05) is 11.4 Å². The van der Waals surface area contributed by atoms with Crippen molar-refractivity contribution in [1.82, 2.24) is 5.32 Å². The summed E-state index contributed by atoms with van der Waals surface area (Å²) in [6.07, 6.45) is 1.78. The fourth-order valence-corrected chi connectivity index (χ4v) is 2.07. The molecule has 0 saturated carbocycles. The largest absolute Gasteiger partial charge is 0.451 e. The smallest absolute Gasteiger partial charge is 0.287 e. The van der Waals surface area contributed by atoms with Crippen molar-refractivity contribution in [3.8, 4) is 0 Å². The third-order valence-corrected chi connectivity index (χ3v) is 3.11. The highest BCUT2D eigenvalue weighted by atomic mass is 16.3. The number of carbonyl (C=O) groups excluding carboxylic acids is 1. The number of aryl methyl sites for hydroxylation is 1. The second-order valence-corrected chi connectivity index (χ2v) is 4.96. The Morgan fingerprint density at radius 2 is 2.21 bits per heavy atom. The average Bonchev–Trinajstić information content (AvgIpc) is 2.79. The van der Waals surface area contributed by atoms with E-state index < -0.39 is 0 Å². The number of fused-ring (bicyclic) bond motifs is 1. The van der Waals surface area contributed by atoms with Gasteiger partial charge in [-0.15, -0.1) is 0 Å². The van der Waals surface area contributed by atoms with Crippen molar-refractivity contribution in [2.75, 3.05) is 6.54 Å². The fourth-order valence-electron chi connectivity index (χ4n) is 2.07. The normalized spacial score (nSPS) is 12.6. The van der Waals surface area contributed by atoms with Gasteiger partial charge in [0.1, 0.15) is 5.58 Å². The highest BCUT2D eigenvalue weighted by Gasteiger charge is 2.14. The molecule has 0 aliphatic heterocycles. The van der Waals surface area contributed by atoms with E-state index in [4.69, 9.17) is 10.2 Å². The number of carbonyl (C=O) groups is 1. The zero-order valence-electron chi connectivity index (χ0n) is 11.4. The summed E-state index contributed by atoms with van der Waals surface area (Å²) < 4.78 is 5.55. The molecule has 102 valence electrons. The summed E-state index contributed by atoms with van der Waals surface area (Å²) in [7, 11) is 0. The van der Waals surface area contributed by atoms with Gasteiger partial charge >= 0.3 is 0 Å². The van der Waals surface area contributed by atoms with Crippen molar-refractivity contribution < 1.29 is 9.21 Å². The average molecular weight is 260 g/mol. The predicted molar refractivity (Wildman–Crippen MR) is 76.2 cm³/mol. The van der Waals surface area contributed by atoms with Crippen LogP contribution in [0.1, 0.15) is 35.9 Å². The molecule has 0 aliphatic rings. The van der Waals surface area contributed by atoms with Crippen LogP contribution in [-0.4, -0.2) is 18.5 Å². The summed E-state index contributed by atoms with van der Waals surface area (Å²) in [5, 5.41) is 3.88. The lowest BCUT2D eigenvalue weighted by Gasteiger charge is -2.11. The lowest BCUT2D eigenvalue weighted by molar-refractivity contribution is 0.0912. The first-order valence-electron chi connectivity index (χ1n) is 6.61. The van der Waals surface area contributed by atoms with Crippen LogP contribution in [0.15, 0.2) is 28.7 Å². The lowest BCUT2D eigenvalue weighted by atomic mass is 10.1. The number of rotatable bonds is 5. The third kappa shape index (κ3) is 3.35. The van der Waals surface area contributed by atoms with Gasteiger partial charge in [-0.2, -0.15) is 0 Å². The van der Waals surface area contributed by atoms with Crippen LogP contribution in [-0.2, 0) is 0 Å². The predicted octanol–water partition coefficient (Wildman–Crippen LogP) is 2.60. The highest BCUT2D eigenvalue weighted by molar-refractivity contribution is 5.96. The molecule has 0 aliphatic carbocycles. The molecule has 4 heteroatoms. The van der Waals surface area contributed by atoms with Gasteiger partial charge in [0.25, 0.3) is 5.91 Å². The molecule has 1 atom stereocenters. The van der Waals surface area contributed by atoms with Crippen molar-refractivity contribution in [2.24, 2.45) is 5.73 Å². The number of amides is 1. The number of benzene rings is 1. The van der Waals surface area contributed by atoms with E-state index in [2.05, 4.69) is 5.32 Å². The van der Waals surface area contributed by atoms with Crippen LogP contribution in [0.25, 0.3) is 11.0 Å². The number of furan rings is 1. The zero-order chi connectivity index (χ0) is 13.8. The topological polar surface area (TPSA) is 68.3 Å². The molecule has 2 aromatic rings. The van der Waals surface area contributed by atoms with Gasteiger partial charge < -0.3 is 15.5 Å². The molecule has 0 fully saturated rings. The van der Waals surface area contributed by atoms with Crippen LogP contribution in [0.2, 0.25) is 0 Å². The van der Waals surface area contributed by atoms with E-state index in [1.807, 2.05) is 32.0 Å². The molecule has 4 nitrogen and oxygen atoms in total. The second-order valence-electron chi connectivity index (χ2n) is 4.96. The highest BCUT2D eigenvalue weighted by Crippen LogP contribution is 2.20. The minimum Gasteiger partial charge on any atom is -0.451 e. The molecule has 0 spiro atoms. The maximum atomic E-state index is 12.0. The van der Waals surface area contributed by atoms with Crippen LogP contribution in [0.3, 0.4) is 0 Å². The monoisotopic (exact) mass is 260 g/mol. The Labute approximate surface area is 113 Å². The van der Waals surface area contributed by atoms with Gasteiger partial charge in [-0.3, -0.25) is 4.79 Å². The quantitative estimate of drug-likeness (QED) is 0.868. The standard InChI is InChI=1S/C15H20N2O2/c1-10-5-6-13-12(8-10)9-14(19-13)15(18)17-11(2)4-3-7-16/h5-6,8-9,11H,3-4,7,16H2,1-2H3,(H,17,18). The van der Waals surface area contributed by atoms with Crippen molar-refractivity contribution in [2.45, 2.75) is 32.7 Å².